The van der Waals surface area contributed by atoms with Gasteiger partial charge in [0.2, 0.25) is 5.91 Å². The van der Waals surface area contributed by atoms with Gasteiger partial charge in [-0.05, 0) is 53.4 Å². The van der Waals surface area contributed by atoms with E-state index in [9.17, 15) is 19.8 Å². The molecule has 0 aliphatic carbocycles. The van der Waals surface area contributed by atoms with Gasteiger partial charge in [0.15, 0.2) is 11.5 Å². The van der Waals surface area contributed by atoms with Gasteiger partial charge in [0.25, 0.3) is 5.91 Å². The van der Waals surface area contributed by atoms with E-state index in [4.69, 9.17) is 16.3 Å². The van der Waals surface area contributed by atoms with E-state index in [-0.39, 0.29) is 36.5 Å². The maximum Gasteiger partial charge on any atom is 0.251 e. The molecule has 3 N–H and O–H groups in total. The van der Waals surface area contributed by atoms with Crippen LogP contribution in [0.1, 0.15) is 32.6 Å². The van der Waals surface area contributed by atoms with Gasteiger partial charge in [-0.25, -0.2) is 0 Å². The number of ether oxygens (including phenoxy) is 1. The number of hydrogen-bond donors (Lipinski definition) is 3. The highest BCUT2D eigenvalue weighted by Crippen LogP contribution is 2.54. The third-order valence-corrected chi connectivity index (χ3v) is 7.70. The van der Waals surface area contributed by atoms with Crippen molar-refractivity contribution in [2.45, 2.75) is 18.4 Å². The van der Waals surface area contributed by atoms with E-state index >= 15 is 0 Å². The molecule has 0 aromatic heterocycles. The highest BCUT2D eigenvalue weighted by Gasteiger charge is 2.57. The summed E-state index contributed by atoms with van der Waals surface area (Å²) >= 11 is 5.96. The SMILES string of the molecule is O=C(NCCc1ccc(Cl)cc1)c1ccccc1CN1C(=O)C2(COc3cc(O)c(O)cc32)c2ccccc21. The Bertz CT molecular complexity index is 1600. The molecule has 0 saturated carbocycles. The lowest BCUT2D eigenvalue weighted by molar-refractivity contribution is -0.122. The molecule has 4 aromatic carbocycles. The van der Waals surface area contributed by atoms with Crippen LogP contribution in [0, 0.1) is 0 Å². The first kappa shape index (κ1) is 24.8. The average molecular weight is 541 g/mol. The Morgan fingerprint density at radius 1 is 0.949 bits per heavy atom. The molecule has 2 aliphatic heterocycles. The predicted octanol–water partition coefficient (Wildman–Crippen LogP) is 4.95. The number of nitrogens with zero attached hydrogens (tertiary/aromatic N) is 1. The smallest absolute Gasteiger partial charge is 0.251 e. The van der Waals surface area contributed by atoms with Crippen molar-refractivity contribution in [1.82, 2.24) is 5.32 Å². The molecule has 7 nitrogen and oxygen atoms in total. The molecule has 2 heterocycles. The Balaban J connectivity index is 1.28. The number of para-hydroxylation sites is 1. The van der Waals surface area contributed by atoms with E-state index in [1.165, 1.54) is 12.1 Å². The number of aromatic hydroxyl groups is 2. The molecular formula is C31H25ClN2O5. The Kier molecular flexibility index (Phi) is 6.16. The van der Waals surface area contributed by atoms with Crippen molar-refractivity contribution in [3.8, 4) is 17.2 Å². The second kappa shape index (κ2) is 9.67. The standard InChI is InChI=1S/C31H25ClN2O5/c32-21-11-9-19(10-12-21)13-14-33-29(37)22-6-2-1-5-20(22)17-34-25-8-4-3-7-23(25)31(30(34)38)18-39-28-16-27(36)26(35)15-24(28)31/h1-12,15-16,35-36H,13-14,17-18H2,(H,33,37). The van der Waals surface area contributed by atoms with E-state index < -0.39 is 5.41 Å². The van der Waals surface area contributed by atoms with Crippen molar-refractivity contribution >= 4 is 29.1 Å². The number of anilines is 1. The summed E-state index contributed by atoms with van der Waals surface area (Å²) in [4.78, 5) is 29.0. The molecule has 0 saturated heterocycles. The Morgan fingerprint density at radius 3 is 2.49 bits per heavy atom. The number of fused-ring (bicyclic) bond motifs is 4. The largest absolute Gasteiger partial charge is 0.504 e. The number of amides is 2. The van der Waals surface area contributed by atoms with Crippen LogP contribution in [0.15, 0.2) is 84.9 Å². The molecule has 4 aromatic rings. The van der Waals surface area contributed by atoms with Gasteiger partial charge >= 0.3 is 0 Å². The summed E-state index contributed by atoms with van der Waals surface area (Å²) in [5, 5.41) is 23.9. The molecule has 196 valence electrons. The maximum atomic E-state index is 14.2. The van der Waals surface area contributed by atoms with E-state index in [0.29, 0.717) is 46.1 Å². The van der Waals surface area contributed by atoms with Gasteiger partial charge in [-0.3, -0.25) is 9.59 Å². The molecule has 0 bridgehead atoms. The predicted molar refractivity (Wildman–Crippen MR) is 148 cm³/mol. The number of nitrogens with one attached hydrogen (secondary N) is 1. The van der Waals surface area contributed by atoms with Crippen LogP contribution in [0.5, 0.6) is 17.2 Å². The van der Waals surface area contributed by atoms with Gasteiger partial charge in [-0.2, -0.15) is 0 Å². The lowest BCUT2D eigenvalue weighted by atomic mass is 9.77. The molecule has 0 radical (unpaired) electrons. The van der Waals surface area contributed by atoms with Crippen molar-refractivity contribution in [2.24, 2.45) is 0 Å². The van der Waals surface area contributed by atoms with Gasteiger partial charge < -0.3 is 25.2 Å². The van der Waals surface area contributed by atoms with E-state index in [1.807, 2.05) is 60.7 Å². The molecule has 39 heavy (non-hydrogen) atoms. The van der Waals surface area contributed by atoms with Crippen molar-refractivity contribution in [3.05, 3.63) is 118 Å². The molecule has 1 unspecified atom stereocenters. The monoisotopic (exact) mass is 540 g/mol. The number of phenols is 2. The van der Waals surface area contributed by atoms with Crippen LogP contribution in [0.2, 0.25) is 5.02 Å². The third kappa shape index (κ3) is 4.15. The zero-order valence-electron chi connectivity index (χ0n) is 20.9. The van der Waals surface area contributed by atoms with Crippen molar-refractivity contribution in [1.29, 1.82) is 0 Å². The van der Waals surface area contributed by atoms with Crippen LogP contribution in [0.4, 0.5) is 5.69 Å². The van der Waals surface area contributed by atoms with Crippen LogP contribution < -0.4 is 15.0 Å². The van der Waals surface area contributed by atoms with Crippen LogP contribution in [0.3, 0.4) is 0 Å². The van der Waals surface area contributed by atoms with Gasteiger partial charge in [0.1, 0.15) is 17.8 Å². The first-order valence-corrected chi connectivity index (χ1v) is 13.0. The quantitative estimate of drug-likeness (QED) is 0.301. The van der Waals surface area contributed by atoms with Gasteiger partial charge in [-0.15, -0.1) is 0 Å². The highest BCUT2D eigenvalue weighted by atomic mass is 35.5. The van der Waals surface area contributed by atoms with Crippen LogP contribution in [-0.2, 0) is 23.2 Å². The molecule has 0 fully saturated rings. The van der Waals surface area contributed by atoms with Gasteiger partial charge in [-0.1, -0.05) is 60.1 Å². The summed E-state index contributed by atoms with van der Waals surface area (Å²) in [6.07, 6.45) is 0.660. The van der Waals surface area contributed by atoms with Crippen molar-refractivity contribution in [3.63, 3.8) is 0 Å². The molecule has 2 amide bonds. The second-order valence-electron chi connectivity index (χ2n) is 9.73. The van der Waals surface area contributed by atoms with Gasteiger partial charge in [0, 0.05) is 34.4 Å². The lowest BCUT2D eigenvalue weighted by Gasteiger charge is -2.24. The number of phenolic OH excluding ortho intramolecular Hbond substituents is 2. The Morgan fingerprint density at radius 2 is 1.67 bits per heavy atom. The number of rotatable bonds is 6. The highest BCUT2D eigenvalue weighted by molar-refractivity contribution is 6.30. The maximum absolute atomic E-state index is 14.2. The number of benzene rings is 4. The van der Waals surface area contributed by atoms with Gasteiger partial charge in [0.05, 0.1) is 6.54 Å². The lowest BCUT2D eigenvalue weighted by Crippen LogP contribution is -2.42. The summed E-state index contributed by atoms with van der Waals surface area (Å²) < 4.78 is 5.86. The fraction of sp³-hybridized carbons (Fsp3) is 0.161. The van der Waals surface area contributed by atoms with Crippen LogP contribution in [-0.4, -0.2) is 35.2 Å². The molecule has 1 spiro atoms. The number of hydrogen-bond acceptors (Lipinski definition) is 5. The van der Waals surface area contributed by atoms with E-state index in [1.54, 1.807) is 17.0 Å². The zero-order chi connectivity index (χ0) is 27.1. The van der Waals surface area contributed by atoms with E-state index in [0.717, 1.165) is 11.1 Å². The minimum Gasteiger partial charge on any atom is -0.504 e. The van der Waals surface area contributed by atoms with Crippen LogP contribution in [0.25, 0.3) is 0 Å². The van der Waals surface area contributed by atoms with Crippen molar-refractivity contribution < 1.29 is 24.5 Å². The minimum atomic E-state index is -1.16. The van der Waals surface area contributed by atoms with E-state index in [2.05, 4.69) is 5.32 Å². The average Bonchev–Trinajstić information content (AvgIpc) is 3.42. The summed E-state index contributed by atoms with van der Waals surface area (Å²) in [7, 11) is 0. The number of carbonyl (C=O) groups is 2. The second-order valence-corrected chi connectivity index (χ2v) is 10.2. The summed E-state index contributed by atoms with van der Waals surface area (Å²) in [6.45, 7) is 0.677. The number of carbonyl (C=O) groups excluding carboxylic acids is 2. The fourth-order valence-corrected chi connectivity index (χ4v) is 5.60. The third-order valence-electron chi connectivity index (χ3n) is 7.45. The molecule has 1 atom stereocenters. The van der Waals surface area contributed by atoms with Crippen molar-refractivity contribution in [2.75, 3.05) is 18.1 Å². The fourth-order valence-electron chi connectivity index (χ4n) is 5.47. The first-order valence-electron chi connectivity index (χ1n) is 12.6. The molecule has 8 heteroatoms. The normalized spacial score (nSPS) is 17.2. The summed E-state index contributed by atoms with van der Waals surface area (Å²) in [6, 6.07) is 25.0. The topological polar surface area (TPSA) is 99.1 Å². The summed E-state index contributed by atoms with van der Waals surface area (Å²) in [5.74, 6) is -0.703. The minimum absolute atomic E-state index is 0.0460. The molecule has 2 aliphatic rings. The number of halogens is 1. The molecular weight excluding hydrogens is 516 g/mol. The Hall–Kier alpha value is -4.49. The summed E-state index contributed by atoms with van der Waals surface area (Å²) in [5.41, 5.74) is 3.07. The van der Waals surface area contributed by atoms with Crippen LogP contribution >= 0.6 is 11.6 Å². The molecule has 6 rings (SSSR count). The Labute approximate surface area is 230 Å². The zero-order valence-corrected chi connectivity index (χ0v) is 21.6. The first-order chi connectivity index (χ1) is 18.9.